The number of unbranched alkanes of at least 4 members (excludes halogenated alkanes) is 1. The van der Waals surface area contributed by atoms with Crippen LogP contribution in [-0.4, -0.2) is 14.5 Å². The maximum Gasteiger partial charge on any atom is 0.416 e. The van der Waals surface area contributed by atoms with E-state index in [2.05, 4.69) is 16.9 Å². The fourth-order valence-corrected chi connectivity index (χ4v) is 2.92. The predicted octanol–water partition coefficient (Wildman–Crippen LogP) is 4.73. The number of halogens is 3. The highest BCUT2D eigenvalue weighted by molar-refractivity contribution is 5.76. The lowest BCUT2D eigenvalue weighted by Gasteiger charge is -2.12. The molecule has 0 saturated carbocycles. The number of imidazole rings is 1. The number of alkyl halides is 3. The quantitative estimate of drug-likeness (QED) is 0.714. The van der Waals surface area contributed by atoms with E-state index in [1.165, 1.54) is 12.1 Å². The highest BCUT2D eigenvalue weighted by Crippen LogP contribution is 2.30. The first kappa shape index (κ1) is 18.2. The second-order valence-corrected chi connectivity index (χ2v) is 6.42. The Kier molecular flexibility index (Phi) is 4.89. The predicted molar refractivity (Wildman–Crippen MR) is 95.8 cm³/mol. The molecule has 0 aliphatic rings. The molecule has 0 aliphatic heterocycles. The molecule has 0 spiro atoms. The average Bonchev–Trinajstić information content (AvgIpc) is 2.90. The SMILES string of the molecule is CCCCc1nc2cc(N)c(C)nc2n1Cc1cccc(C(F)(F)F)c1. The molecule has 2 N–H and O–H groups in total. The number of nitrogens with zero attached hydrogens (tertiary/aromatic N) is 3. The van der Waals surface area contributed by atoms with Gasteiger partial charge >= 0.3 is 6.18 Å². The Morgan fingerprint density at radius 2 is 1.92 bits per heavy atom. The molecule has 0 amide bonds. The molecule has 2 heterocycles. The smallest absolute Gasteiger partial charge is 0.397 e. The number of hydrogen-bond acceptors (Lipinski definition) is 3. The third-order valence-corrected chi connectivity index (χ3v) is 4.38. The van der Waals surface area contributed by atoms with Crippen LogP contribution in [0.3, 0.4) is 0 Å². The van der Waals surface area contributed by atoms with Crippen LogP contribution < -0.4 is 5.73 Å². The molecule has 0 atom stereocenters. The number of benzene rings is 1. The second-order valence-electron chi connectivity index (χ2n) is 6.42. The Hall–Kier alpha value is -2.57. The number of nitrogens with two attached hydrogens (primary N) is 1. The molecule has 0 aliphatic carbocycles. The van der Waals surface area contributed by atoms with Gasteiger partial charge in [0.1, 0.15) is 11.3 Å². The van der Waals surface area contributed by atoms with E-state index in [-0.39, 0.29) is 6.54 Å². The number of aromatic nitrogens is 3. The van der Waals surface area contributed by atoms with Gasteiger partial charge in [0.15, 0.2) is 5.65 Å². The van der Waals surface area contributed by atoms with Crippen LogP contribution in [0.5, 0.6) is 0 Å². The summed E-state index contributed by atoms with van der Waals surface area (Å²) in [6, 6.07) is 7.15. The van der Waals surface area contributed by atoms with Crippen molar-refractivity contribution >= 4 is 16.9 Å². The van der Waals surface area contributed by atoms with Crippen LogP contribution in [-0.2, 0) is 19.1 Å². The van der Waals surface area contributed by atoms with Crippen LogP contribution in [0.25, 0.3) is 11.2 Å². The Morgan fingerprint density at radius 3 is 2.62 bits per heavy atom. The monoisotopic (exact) mass is 362 g/mol. The van der Waals surface area contributed by atoms with Crippen molar-refractivity contribution in [3.05, 3.63) is 53.0 Å². The molecular weight excluding hydrogens is 341 g/mol. The molecule has 2 aromatic heterocycles. The van der Waals surface area contributed by atoms with Crippen molar-refractivity contribution in [2.45, 2.75) is 45.8 Å². The highest BCUT2D eigenvalue weighted by atomic mass is 19.4. The fourth-order valence-electron chi connectivity index (χ4n) is 2.92. The first-order chi connectivity index (χ1) is 12.3. The van der Waals surface area contributed by atoms with Crippen LogP contribution in [0.4, 0.5) is 18.9 Å². The van der Waals surface area contributed by atoms with Crippen molar-refractivity contribution in [3.63, 3.8) is 0 Å². The number of nitrogen functional groups attached to an aromatic ring is 1. The molecule has 1 aromatic carbocycles. The van der Waals surface area contributed by atoms with E-state index in [1.54, 1.807) is 12.1 Å². The van der Waals surface area contributed by atoms with Crippen LogP contribution in [0.15, 0.2) is 30.3 Å². The largest absolute Gasteiger partial charge is 0.416 e. The molecule has 3 rings (SSSR count). The molecule has 0 saturated heterocycles. The van der Waals surface area contributed by atoms with Gasteiger partial charge in [0.05, 0.1) is 23.5 Å². The molecule has 0 radical (unpaired) electrons. The van der Waals surface area contributed by atoms with E-state index in [1.807, 2.05) is 11.5 Å². The Labute approximate surface area is 149 Å². The highest BCUT2D eigenvalue weighted by Gasteiger charge is 2.30. The second kappa shape index (κ2) is 6.97. The van der Waals surface area contributed by atoms with E-state index in [0.717, 1.165) is 31.2 Å². The average molecular weight is 362 g/mol. The third-order valence-electron chi connectivity index (χ3n) is 4.38. The summed E-state index contributed by atoms with van der Waals surface area (Å²) in [7, 11) is 0. The molecule has 26 heavy (non-hydrogen) atoms. The molecule has 7 heteroatoms. The summed E-state index contributed by atoms with van der Waals surface area (Å²) in [5, 5.41) is 0. The number of hydrogen-bond donors (Lipinski definition) is 1. The molecule has 138 valence electrons. The number of aryl methyl sites for hydroxylation is 2. The Morgan fingerprint density at radius 1 is 1.15 bits per heavy atom. The normalized spacial score (nSPS) is 12.0. The Bertz CT molecular complexity index is 928. The zero-order valence-corrected chi connectivity index (χ0v) is 14.8. The minimum absolute atomic E-state index is 0.288. The Balaban J connectivity index is 2.06. The summed E-state index contributed by atoms with van der Waals surface area (Å²) in [5.41, 5.74) is 8.41. The van der Waals surface area contributed by atoms with Crippen molar-refractivity contribution < 1.29 is 13.2 Å². The van der Waals surface area contributed by atoms with Gasteiger partial charge in [-0.25, -0.2) is 9.97 Å². The standard InChI is InChI=1S/C19H21F3N4/c1-3-4-8-17-25-16-10-15(23)12(2)24-18(16)26(17)11-13-6-5-7-14(9-13)19(20,21)22/h5-7,9-10H,3-4,8,11,23H2,1-2H3. The zero-order valence-electron chi connectivity index (χ0n) is 14.8. The van der Waals surface area contributed by atoms with Gasteiger partial charge in [0.25, 0.3) is 0 Å². The molecule has 0 unspecified atom stereocenters. The first-order valence-corrected chi connectivity index (χ1v) is 8.58. The summed E-state index contributed by atoms with van der Waals surface area (Å²) < 4.78 is 40.9. The van der Waals surface area contributed by atoms with Gasteiger partial charge < -0.3 is 10.3 Å². The van der Waals surface area contributed by atoms with Gasteiger partial charge in [-0.1, -0.05) is 25.5 Å². The molecule has 0 bridgehead atoms. The van der Waals surface area contributed by atoms with Crippen molar-refractivity contribution in [3.8, 4) is 0 Å². The number of pyridine rings is 1. The van der Waals surface area contributed by atoms with Gasteiger partial charge in [-0.15, -0.1) is 0 Å². The molecule has 0 fully saturated rings. The number of rotatable bonds is 5. The van der Waals surface area contributed by atoms with Gasteiger partial charge in [0.2, 0.25) is 0 Å². The first-order valence-electron chi connectivity index (χ1n) is 8.58. The van der Waals surface area contributed by atoms with E-state index < -0.39 is 11.7 Å². The number of anilines is 1. The van der Waals surface area contributed by atoms with Crippen LogP contribution >= 0.6 is 0 Å². The lowest BCUT2D eigenvalue weighted by atomic mass is 10.1. The van der Waals surface area contributed by atoms with Crippen molar-refractivity contribution in [1.29, 1.82) is 0 Å². The third kappa shape index (κ3) is 3.66. The fraction of sp³-hybridized carbons (Fsp3) is 0.368. The summed E-state index contributed by atoms with van der Waals surface area (Å²) in [6.45, 7) is 4.18. The van der Waals surface area contributed by atoms with E-state index in [4.69, 9.17) is 5.73 Å². The lowest BCUT2D eigenvalue weighted by Crippen LogP contribution is -2.09. The van der Waals surface area contributed by atoms with Crippen molar-refractivity contribution in [2.75, 3.05) is 5.73 Å². The van der Waals surface area contributed by atoms with Crippen molar-refractivity contribution in [1.82, 2.24) is 14.5 Å². The van der Waals surface area contributed by atoms with E-state index in [0.29, 0.717) is 28.1 Å². The van der Waals surface area contributed by atoms with Crippen LogP contribution in [0.2, 0.25) is 0 Å². The van der Waals surface area contributed by atoms with Gasteiger partial charge in [-0.05, 0) is 37.1 Å². The van der Waals surface area contributed by atoms with E-state index in [9.17, 15) is 13.2 Å². The summed E-state index contributed by atoms with van der Waals surface area (Å²) in [5.74, 6) is 0.816. The van der Waals surface area contributed by atoms with Gasteiger partial charge in [-0.2, -0.15) is 13.2 Å². The summed E-state index contributed by atoms with van der Waals surface area (Å²) in [6.07, 6.45) is -1.67. The lowest BCUT2D eigenvalue weighted by molar-refractivity contribution is -0.137. The van der Waals surface area contributed by atoms with Crippen molar-refractivity contribution in [2.24, 2.45) is 0 Å². The minimum atomic E-state index is -4.36. The van der Waals surface area contributed by atoms with Crippen LogP contribution in [0, 0.1) is 6.92 Å². The van der Waals surface area contributed by atoms with Crippen LogP contribution in [0.1, 0.15) is 42.4 Å². The maximum atomic E-state index is 13.0. The summed E-state index contributed by atoms with van der Waals surface area (Å²) >= 11 is 0. The maximum absolute atomic E-state index is 13.0. The van der Waals surface area contributed by atoms with E-state index >= 15 is 0 Å². The molecular formula is C19H21F3N4. The van der Waals surface area contributed by atoms with Gasteiger partial charge in [-0.3, -0.25) is 0 Å². The zero-order chi connectivity index (χ0) is 18.9. The number of fused-ring (bicyclic) bond motifs is 1. The summed E-state index contributed by atoms with van der Waals surface area (Å²) in [4.78, 5) is 9.14. The minimum Gasteiger partial charge on any atom is -0.397 e. The van der Waals surface area contributed by atoms with Gasteiger partial charge in [0, 0.05) is 6.42 Å². The molecule has 4 nitrogen and oxygen atoms in total. The topological polar surface area (TPSA) is 56.7 Å². The molecule has 3 aromatic rings.